The van der Waals surface area contributed by atoms with Gasteiger partial charge in [-0.05, 0) is 31.5 Å². The summed E-state index contributed by atoms with van der Waals surface area (Å²) in [6.45, 7) is 4.60. The largest absolute Gasteiger partial charge is 0.506 e. The zero-order valence-electron chi connectivity index (χ0n) is 10.4. The SMILES string of the molecule is CC(CC1COCCN1)Nc1ccc(O)c(Cl)c1. The van der Waals surface area contributed by atoms with Crippen LogP contribution in [0, 0.1) is 0 Å². The van der Waals surface area contributed by atoms with Gasteiger partial charge in [-0.1, -0.05) is 11.6 Å². The third kappa shape index (κ3) is 3.77. The van der Waals surface area contributed by atoms with E-state index in [4.69, 9.17) is 16.3 Å². The van der Waals surface area contributed by atoms with Crippen molar-refractivity contribution in [2.45, 2.75) is 25.4 Å². The molecule has 1 heterocycles. The summed E-state index contributed by atoms with van der Waals surface area (Å²) in [5.74, 6) is 0.109. The van der Waals surface area contributed by atoms with E-state index < -0.39 is 0 Å². The van der Waals surface area contributed by atoms with E-state index in [2.05, 4.69) is 17.6 Å². The lowest BCUT2D eigenvalue weighted by atomic mass is 10.1. The third-order valence-electron chi connectivity index (χ3n) is 3.00. The Hall–Kier alpha value is -0.970. The topological polar surface area (TPSA) is 53.5 Å². The van der Waals surface area contributed by atoms with Gasteiger partial charge in [-0.15, -0.1) is 0 Å². The molecule has 1 saturated heterocycles. The number of nitrogens with one attached hydrogen (secondary N) is 2. The van der Waals surface area contributed by atoms with Gasteiger partial charge in [-0.2, -0.15) is 0 Å². The number of benzene rings is 1. The molecule has 0 aliphatic carbocycles. The second kappa shape index (κ2) is 6.27. The van der Waals surface area contributed by atoms with Crippen molar-refractivity contribution >= 4 is 17.3 Å². The van der Waals surface area contributed by atoms with Gasteiger partial charge in [0.2, 0.25) is 0 Å². The highest BCUT2D eigenvalue weighted by molar-refractivity contribution is 6.32. The van der Waals surface area contributed by atoms with Crippen molar-refractivity contribution in [3.05, 3.63) is 23.2 Å². The Bertz CT molecular complexity index is 395. The minimum atomic E-state index is 0.109. The van der Waals surface area contributed by atoms with Crippen LogP contribution in [0.25, 0.3) is 0 Å². The Labute approximate surface area is 112 Å². The van der Waals surface area contributed by atoms with E-state index in [1.54, 1.807) is 12.1 Å². The van der Waals surface area contributed by atoms with Crippen LogP contribution in [0.15, 0.2) is 18.2 Å². The van der Waals surface area contributed by atoms with E-state index in [1.807, 2.05) is 6.07 Å². The zero-order valence-corrected chi connectivity index (χ0v) is 11.2. The number of phenolic OH excluding ortho intramolecular Hbond substituents is 1. The lowest BCUT2D eigenvalue weighted by Gasteiger charge is -2.27. The molecule has 1 aromatic carbocycles. The van der Waals surface area contributed by atoms with Gasteiger partial charge in [0.25, 0.3) is 0 Å². The van der Waals surface area contributed by atoms with Crippen LogP contribution >= 0.6 is 11.6 Å². The molecule has 0 radical (unpaired) electrons. The number of ether oxygens (including phenoxy) is 1. The van der Waals surface area contributed by atoms with Crippen molar-refractivity contribution in [1.82, 2.24) is 5.32 Å². The highest BCUT2D eigenvalue weighted by atomic mass is 35.5. The normalized spacial score (nSPS) is 21.6. The lowest BCUT2D eigenvalue weighted by Crippen LogP contribution is -2.43. The lowest BCUT2D eigenvalue weighted by molar-refractivity contribution is 0.0731. The molecule has 3 N–H and O–H groups in total. The average Bonchev–Trinajstić information content (AvgIpc) is 2.35. The van der Waals surface area contributed by atoms with Crippen LogP contribution in [0.5, 0.6) is 5.75 Å². The highest BCUT2D eigenvalue weighted by Gasteiger charge is 2.16. The van der Waals surface area contributed by atoms with Gasteiger partial charge in [-0.25, -0.2) is 0 Å². The predicted molar refractivity (Wildman–Crippen MR) is 73.4 cm³/mol. The fourth-order valence-corrected chi connectivity index (χ4v) is 2.32. The van der Waals surface area contributed by atoms with Gasteiger partial charge in [0.15, 0.2) is 0 Å². The summed E-state index contributed by atoms with van der Waals surface area (Å²) in [6, 6.07) is 5.86. The highest BCUT2D eigenvalue weighted by Crippen LogP contribution is 2.26. The molecule has 1 aromatic rings. The van der Waals surface area contributed by atoms with Crippen molar-refractivity contribution < 1.29 is 9.84 Å². The van der Waals surface area contributed by atoms with Gasteiger partial charge >= 0.3 is 0 Å². The molecule has 1 aliphatic rings. The molecular weight excluding hydrogens is 252 g/mol. The van der Waals surface area contributed by atoms with Gasteiger partial charge in [0.1, 0.15) is 5.75 Å². The molecule has 2 unspecified atom stereocenters. The smallest absolute Gasteiger partial charge is 0.134 e. The Kier molecular flexibility index (Phi) is 4.69. The fraction of sp³-hybridized carbons (Fsp3) is 0.538. The van der Waals surface area contributed by atoms with E-state index in [1.165, 1.54) is 0 Å². The molecule has 1 aliphatic heterocycles. The van der Waals surface area contributed by atoms with Crippen molar-refractivity contribution in [3.8, 4) is 5.75 Å². The van der Waals surface area contributed by atoms with Crippen LogP contribution < -0.4 is 10.6 Å². The van der Waals surface area contributed by atoms with Crippen LogP contribution in [-0.4, -0.2) is 36.9 Å². The van der Waals surface area contributed by atoms with E-state index >= 15 is 0 Å². The molecule has 5 heteroatoms. The maximum atomic E-state index is 9.35. The summed E-state index contributed by atoms with van der Waals surface area (Å²) in [5.41, 5.74) is 0.919. The average molecular weight is 271 g/mol. The number of anilines is 1. The Morgan fingerprint density at radius 3 is 3.11 bits per heavy atom. The first-order chi connectivity index (χ1) is 8.65. The first kappa shape index (κ1) is 13.5. The molecule has 0 spiro atoms. The van der Waals surface area contributed by atoms with Gasteiger partial charge in [0, 0.05) is 24.3 Å². The number of morpholine rings is 1. The van der Waals surface area contributed by atoms with Gasteiger partial charge in [-0.3, -0.25) is 0 Å². The second-order valence-corrected chi connectivity index (χ2v) is 5.08. The maximum Gasteiger partial charge on any atom is 0.134 e. The summed E-state index contributed by atoms with van der Waals surface area (Å²) in [5, 5.41) is 16.5. The summed E-state index contributed by atoms with van der Waals surface area (Å²) in [6.07, 6.45) is 0.985. The quantitative estimate of drug-likeness (QED) is 0.735. The molecule has 18 heavy (non-hydrogen) atoms. The van der Waals surface area contributed by atoms with E-state index in [9.17, 15) is 5.11 Å². The molecule has 0 amide bonds. The monoisotopic (exact) mass is 270 g/mol. The molecule has 0 aromatic heterocycles. The maximum absolute atomic E-state index is 9.35. The predicted octanol–water partition coefficient (Wildman–Crippen LogP) is 2.22. The standard InChI is InChI=1S/C13H19ClN2O2/c1-9(6-11-8-18-5-4-15-11)16-10-2-3-13(17)12(14)7-10/h2-3,7,9,11,15-17H,4-6,8H2,1H3. The molecule has 2 atom stereocenters. The molecule has 1 fully saturated rings. The molecule has 0 saturated carbocycles. The summed E-state index contributed by atoms with van der Waals surface area (Å²) < 4.78 is 5.42. The minimum Gasteiger partial charge on any atom is -0.506 e. The number of phenols is 1. The van der Waals surface area contributed by atoms with E-state index in [0.29, 0.717) is 17.1 Å². The van der Waals surface area contributed by atoms with E-state index in [-0.39, 0.29) is 5.75 Å². The van der Waals surface area contributed by atoms with E-state index in [0.717, 1.165) is 31.9 Å². The molecule has 100 valence electrons. The summed E-state index contributed by atoms with van der Waals surface area (Å²) in [7, 11) is 0. The van der Waals surface area contributed by atoms with Crippen LogP contribution in [0.4, 0.5) is 5.69 Å². The summed E-state index contributed by atoms with van der Waals surface area (Å²) in [4.78, 5) is 0. The van der Waals surface area contributed by atoms with Gasteiger partial charge < -0.3 is 20.5 Å². The van der Waals surface area contributed by atoms with Crippen LogP contribution in [0.1, 0.15) is 13.3 Å². The first-order valence-electron chi connectivity index (χ1n) is 6.21. The van der Waals surface area contributed by atoms with Crippen molar-refractivity contribution in [2.24, 2.45) is 0 Å². The van der Waals surface area contributed by atoms with Crippen molar-refractivity contribution in [1.29, 1.82) is 0 Å². The molecular formula is C13H19ClN2O2. The Morgan fingerprint density at radius 2 is 2.44 bits per heavy atom. The zero-order chi connectivity index (χ0) is 13.0. The molecule has 2 rings (SSSR count). The molecule has 4 nitrogen and oxygen atoms in total. The number of halogens is 1. The number of aromatic hydroxyl groups is 1. The number of hydrogen-bond acceptors (Lipinski definition) is 4. The molecule has 0 bridgehead atoms. The third-order valence-corrected chi connectivity index (χ3v) is 3.30. The van der Waals surface area contributed by atoms with Crippen molar-refractivity contribution in [3.63, 3.8) is 0 Å². The number of hydrogen-bond donors (Lipinski definition) is 3. The first-order valence-corrected chi connectivity index (χ1v) is 6.59. The summed E-state index contributed by atoms with van der Waals surface area (Å²) >= 11 is 5.87. The van der Waals surface area contributed by atoms with Crippen LogP contribution in [-0.2, 0) is 4.74 Å². The Morgan fingerprint density at radius 1 is 1.61 bits per heavy atom. The Balaban J connectivity index is 1.85. The fourth-order valence-electron chi connectivity index (χ4n) is 2.14. The van der Waals surface area contributed by atoms with Crippen molar-refractivity contribution in [2.75, 3.05) is 25.1 Å². The van der Waals surface area contributed by atoms with Crippen LogP contribution in [0.2, 0.25) is 5.02 Å². The minimum absolute atomic E-state index is 0.109. The second-order valence-electron chi connectivity index (χ2n) is 4.67. The van der Waals surface area contributed by atoms with Gasteiger partial charge in [0.05, 0.1) is 18.2 Å². The number of rotatable bonds is 4. The van der Waals surface area contributed by atoms with Crippen LogP contribution in [0.3, 0.4) is 0 Å².